The normalized spacial score (nSPS) is 14.8. The maximum Gasteiger partial charge on any atom is 0.267 e. The average molecular weight is 457 g/mol. The van der Waals surface area contributed by atoms with Crippen molar-refractivity contribution < 1.29 is 9.59 Å². The Bertz CT molecular complexity index is 1260. The van der Waals surface area contributed by atoms with E-state index in [-0.39, 0.29) is 17.4 Å². The summed E-state index contributed by atoms with van der Waals surface area (Å²) in [6.07, 6.45) is 1.18. The molecule has 1 unspecified atom stereocenters. The number of anilines is 1. The van der Waals surface area contributed by atoms with E-state index in [1.807, 2.05) is 16.3 Å². The van der Waals surface area contributed by atoms with Crippen molar-refractivity contribution in [1.29, 1.82) is 10.5 Å². The number of nitrogens with two attached hydrogens (primary N) is 1. The molecule has 164 valence electrons. The first-order valence-corrected chi connectivity index (χ1v) is 11.3. The number of carbonyl (C=O) groups excluding carboxylic acids is 2. The maximum absolute atomic E-state index is 13.2. The van der Waals surface area contributed by atoms with Gasteiger partial charge in [-0.05, 0) is 37.1 Å². The molecule has 3 aromatic rings. The number of benzene rings is 1. The lowest BCUT2D eigenvalue weighted by Gasteiger charge is -2.32. The molecule has 0 saturated carbocycles. The zero-order valence-corrected chi connectivity index (χ0v) is 18.5. The van der Waals surface area contributed by atoms with E-state index in [0.29, 0.717) is 48.0 Å². The lowest BCUT2D eigenvalue weighted by Crippen LogP contribution is -2.38. The molecular weight excluding hydrogens is 436 g/mol. The molecule has 3 heterocycles. The van der Waals surface area contributed by atoms with E-state index < -0.39 is 11.8 Å². The molecule has 1 aliphatic rings. The van der Waals surface area contributed by atoms with E-state index in [1.54, 1.807) is 36.4 Å². The molecule has 0 radical (unpaired) electrons. The molecule has 2 N–H and O–H groups in total. The van der Waals surface area contributed by atoms with Gasteiger partial charge in [0.1, 0.15) is 16.5 Å². The summed E-state index contributed by atoms with van der Waals surface area (Å²) in [6.45, 7) is 1.19. The van der Waals surface area contributed by atoms with Crippen LogP contribution in [0.15, 0.2) is 47.8 Å². The SMILES string of the molecule is N#Cc1ccc(-c2csc(C(C#N)C(=O)C3CCN(c4cccc(C(N)=O)n4)CC3)n2)cc1. The second-order valence-corrected chi connectivity index (χ2v) is 8.62. The number of nitriles is 2. The van der Waals surface area contributed by atoms with Gasteiger partial charge in [0.15, 0.2) is 11.7 Å². The summed E-state index contributed by atoms with van der Waals surface area (Å²) in [6, 6.07) is 16.4. The van der Waals surface area contributed by atoms with Crippen LogP contribution in [0.2, 0.25) is 0 Å². The van der Waals surface area contributed by atoms with E-state index in [4.69, 9.17) is 11.0 Å². The molecule has 1 saturated heterocycles. The Morgan fingerprint density at radius 2 is 1.82 bits per heavy atom. The molecule has 0 bridgehead atoms. The highest BCUT2D eigenvalue weighted by molar-refractivity contribution is 7.10. The Morgan fingerprint density at radius 1 is 1.09 bits per heavy atom. The van der Waals surface area contributed by atoms with E-state index in [2.05, 4.69) is 22.1 Å². The number of hydrogen-bond donors (Lipinski definition) is 1. The predicted molar refractivity (Wildman–Crippen MR) is 123 cm³/mol. The fourth-order valence-electron chi connectivity index (χ4n) is 3.87. The number of rotatable bonds is 6. The van der Waals surface area contributed by atoms with Gasteiger partial charge in [0, 0.05) is 30.0 Å². The molecule has 4 rings (SSSR count). The van der Waals surface area contributed by atoms with Gasteiger partial charge in [-0.15, -0.1) is 11.3 Å². The van der Waals surface area contributed by atoms with Crippen LogP contribution in [0, 0.1) is 28.6 Å². The van der Waals surface area contributed by atoms with Gasteiger partial charge in [0.25, 0.3) is 5.91 Å². The lowest BCUT2D eigenvalue weighted by atomic mass is 9.86. The monoisotopic (exact) mass is 456 g/mol. The first-order valence-electron chi connectivity index (χ1n) is 10.4. The first kappa shape index (κ1) is 22.1. The second-order valence-electron chi connectivity index (χ2n) is 7.73. The molecule has 9 heteroatoms. The smallest absolute Gasteiger partial charge is 0.267 e. The number of nitrogens with zero attached hydrogens (tertiary/aromatic N) is 5. The van der Waals surface area contributed by atoms with E-state index in [0.717, 1.165) is 5.56 Å². The zero-order valence-electron chi connectivity index (χ0n) is 17.6. The van der Waals surface area contributed by atoms with Crippen LogP contribution in [0.1, 0.15) is 39.8 Å². The molecule has 2 aromatic heterocycles. The van der Waals surface area contributed by atoms with Crippen molar-refractivity contribution in [3.8, 4) is 23.4 Å². The van der Waals surface area contributed by atoms with E-state index >= 15 is 0 Å². The third kappa shape index (κ3) is 4.74. The summed E-state index contributed by atoms with van der Waals surface area (Å²) in [5.74, 6) is -1.19. The van der Waals surface area contributed by atoms with Crippen molar-refractivity contribution in [1.82, 2.24) is 9.97 Å². The maximum atomic E-state index is 13.2. The minimum atomic E-state index is -0.907. The Hall–Kier alpha value is -4.08. The third-order valence-electron chi connectivity index (χ3n) is 5.70. The van der Waals surface area contributed by atoms with Crippen molar-refractivity contribution in [2.24, 2.45) is 11.7 Å². The highest BCUT2D eigenvalue weighted by Crippen LogP contribution is 2.32. The van der Waals surface area contributed by atoms with E-state index in [9.17, 15) is 14.9 Å². The molecule has 1 amide bonds. The molecule has 1 fully saturated rings. The molecule has 33 heavy (non-hydrogen) atoms. The minimum Gasteiger partial charge on any atom is -0.364 e. The van der Waals surface area contributed by atoms with Gasteiger partial charge < -0.3 is 10.6 Å². The van der Waals surface area contributed by atoms with Crippen LogP contribution < -0.4 is 10.6 Å². The van der Waals surface area contributed by atoms with Crippen LogP contribution in [-0.2, 0) is 4.79 Å². The molecule has 8 nitrogen and oxygen atoms in total. The van der Waals surface area contributed by atoms with Crippen molar-refractivity contribution in [2.45, 2.75) is 18.8 Å². The molecule has 0 aliphatic carbocycles. The largest absolute Gasteiger partial charge is 0.364 e. The van der Waals surface area contributed by atoms with Gasteiger partial charge in [0.05, 0.1) is 23.4 Å². The van der Waals surface area contributed by atoms with Gasteiger partial charge in [-0.2, -0.15) is 10.5 Å². The summed E-state index contributed by atoms with van der Waals surface area (Å²) in [5, 5.41) is 21.0. The lowest BCUT2D eigenvalue weighted by molar-refractivity contribution is -0.123. The predicted octanol–water partition coefficient (Wildman–Crippen LogP) is 3.27. The quantitative estimate of drug-likeness (QED) is 0.601. The number of Topliss-reactive ketones (excluding diaryl/α,β-unsaturated/α-hetero) is 1. The van der Waals surface area contributed by atoms with Crippen LogP contribution in [0.4, 0.5) is 5.82 Å². The number of primary amides is 1. The van der Waals surface area contributed by atoms with Crippen LogP contribution in [0.3, 0.4) is 0 Å². The number of amides is 1. The van der Waals surface area contributed by atoms with Gasteiger partial charge in [-0.3, -0.25) is 9.59 Å². The second kappa shape index (κ2) is 9.60. The topological polar surface area (TPSA) is 137 Å². The molecule has 1 aromatic carbocycles. The Kier molecular flexibility index (Phi) is 6.43. The Morgan fingerprint density at radius 3 is 2.45 bits per heavy atom. The summed E-state index contributed by atoms with van der Waals surface area (Å²) < 4.78 is 0. The van der Waals surface area contributed by atoms with Crippen LogP contribution >= 0.6 is 11.3 Å². The number of pyridine rings is 1. The van der Waals surface area contributed by atoms with Gasteiger partial charge in [-0.25, -0.2) is 9.97 Å². The average Bonchev–Trinajstić information content (AvgIpc) is 3.34. The zero-order chi connectivity index (χ0) is 23.4. The van der Waals surface area contributed by atoms with Crippen molar-refractivity contribution in [3.05, 3.63) is 64.1 Å². The van der Waals surface area contributed by atoms with Crippen molar-refractivity contribution in [3.63, 3.8) is 0 Å². The van der Waals surface area contributed by atoms with Crippen LogP contribution in [-0.4, -0.2) is 34.7 Å². The summed E-state index contributed by atoms with van der Waals surface area (Å²) in [5.41, 5.74) is 7.60. The van der Waals surface area contributed by atoms with Crippen molar-refractivity contribution >= 4 is 28.8 Å². The highest BCUT2D eigenvalue weighted by atomic mass is 32.1. The number of piperidine rings is 1. The fourth-order valence-corrected chi connectivity index (χ4v) is 4.75. The van der Waals surface area contributed by atoms with Gasteiger partial charge >= 0.3 is 0 Å². The van der Waals surface area contributed by atoms with Gasteiger partial charge in [-0.1, -0.05) is 18.2 Å². The highest BCUT2D eigenvalue weighted by Gasteiger charge is 2.33. The summed E-state index contributed by atoms with van der Waals surface area (Å²) in [4.78, 5) is 35.4. The molecule has 0 spiro atoms. The van der Waals surface area contributed by atoms with E-state index in [1.165, 1.54) is 11.3 Å². The van der Waals surface area contributed by atoms with Gasteiger partial charge in [0.2, 0.25) is 0 Å². The van der Waals surface area contributed by atoms with Crippen molar-refractivity contribution in [2.75, 3.05) is 18.0 Å². The molecular formula is C24H20N6O2S. The molecule has 1 aliphatic heterocycles. The third-order valence-corrected chi connectivity index (χ3v) is 6.61. The number of carbonyl (C=O) groups is 2. The standard InChI is InChI=1S/C24H20N6O2S/c25-12-15-4-6-16(7-5-15)20-14-33-24(29-20)18(13-26)22(31)17-8-10-30(11-9-17)21-3-1-2-19(28-21)23(27)32/h1-7,14,17-18H,8-11H2,(H2,27,32). The molecule has 1 atom stereocenters. The number of hydrogen-bond acceptors (Lipinski definition) is 8. The Labute approximate surface area is 194 Å². The minimum absolute atomic E-state index is 0.114. The summed E-state index contributed by atoms with van der Waals surface area (Å²) in [7, 11) is 0. The number of aromatic nitrogens is 2. The van der Waals surface area contributed by atoms with Crippen LogP contribution in [0.25, 0.3) is 11.3 Å². The number of ketones is 1. The fraction of sp³-hybridized carbons (Fsp3) is 0.250. The summed E-state index contributed by atoms with van der Waals surface area (Å²) >= 11 is 1.30. The van der Waals surface area contributed by atoms with Crippen LogP contribution in [0.5, 0.6) is 0 Å². The number of thiazole rings is 1. The first-order chi connectivity index (χ1) is 16.0. The Balaban J connectivity index is 1.43.